The van der Waals surface area contributed by atoms with Gasteiger partial charge in [0.15, 0.2) is 8.32 Å². The SMILES string of the molecule is C=C(C)[C@H](C/C=C(\C)CCC[C@](C)(C=O)c1ccccn1)O[Si](C)(C)C(C)(C)C. The summed E-state index contributed by atoms with van der Waals surface area (Å²) in [5.74, 6) is 0. The fraction of sp³-hybridized carbons (Fsp3) is 0.600. The van der Waals surface area contributed by atoms with E-state index >= 15 is 0 Å². The van der Waals surface area contributed by atoms with Crippen LogP contribution in [0.1, 0.15) is 72.9 Å². The van der Waals surface area contributed by atoms with Gasteiger partial charge in [-0.25, -0.2) is 0 Å². The Balaban J connectivity index is 2.67. The van der Waals surface area contributed by atoms with Crippen molar-refractivity contribution in [2.24, 2.45) is 0 Å². The maximum Gasteiger partial charge on any atom is 0.192 e. The molecule has 162 valence electrons. The van der Waals surface area contributed by atoms with Crippen molar-refractivity contribution in [3.63, 3.8) is 0 Å². The standard InChI is InChI=1S/C25H41NO2Si/c1-20(2)22(28-29(8,9)24(4,5)6)16-15-21(3)13-12-17-25(7,19-27)23-14-10-11-18-26-23/h10-11,14-15,18-19,22H,1,12-13,16-17H2,2-9H3/b21-15+/t22-,25+/m0/s1. The molecule has 3 nitrogen and oxygen atoms in total. The van der Waals surface area contributed by atoms with Gasteiger partial charge in [-0.1, -0.05) is 50.6 Å². The Morgan fingerprint density at radius 3 is 2.38 bits per heavy atom. The van der Waals surface area contributed by atoms with Crippen LogP contribution in [-0.2, 0) is 14.6 Å². The lowest BCUT2D eigenvalue weighted by Crippen LogP contribution is -2.44. The smallest absolute Gasteiger partial charge is 0.192 e. The van der Waals surface area contributed by atoms with Crippen LogP contribution in [0.5, 0.6) is 0 Å². The molecule has 0 amide bonds. The number of pyridine rings is 1. The van der Waals surface area contributed by atoms with Gasteiger partial charge in [0.05, 0.1) is 17.2 Å². The summed E-state index contributed by atoms with van der Waals surface area (Å²) >= 11 is 0. The van der Waals surface area contributed by atoms with E-state index in [9.17, 15) is 4.79 Å². The molecule has 0 bridgehead atoms. The Hall–Kier alpha value is -1.52. The van der Waals surface area contributed by atoms with Crippen molar-refractivity contribution in [3.05, 3.63) is 53.9 Å². The van der Waals surface area contributed by atoms with Gasteiger partial charge in [-0.15, -0.1) is 0 Å². The third-order valence-corrected chi connectivity index (χ3v) is 10.7. The van der Waals surface area contributed by atoms with Crippen molar-refractivity contribution < 1.29 is 9.22 Å². The molecule has 0 saturated carbocycles. The lowest BCUT2D eigenvalue weighted by Gasteiger charge is -2.39. The Morgan fingerprint density at radius 2 is 1.90 bits per heavy atom. The average Bonchev–Trinajstić information content (AvgIpc) is 2.64. The van der Waals surface area contributed by atoms with E-state index in [2.05, 4.69) is 65.4 Å². The van der Waals surface area contributed by atoms with Crippen LogP contribution in [-0.4, -0.2) is 25.7 Å². The second-order valence-corrected chi connectivity index (χ2v) is 14.9. The van der Waals surface area contributed by atoms with Gasteiger partial charge < -0.3 is 9.22 Å². The lowest BCUT2D eigenvalue weighted by atomic mass is 9.82. The predicted octanol–water partition coefficient (Wildman–Crippen LogP) is 7.01. The highest BCUT2D eigenvalue weighted by Gasteiger charge is 2.39. The molecule has 0 spiro atoms. The molecule has 0 unspecified atom stereocenters. The van der Waals surface area contributed by atoms with Crippen molar-refractivity contribution in [2.75, 3.05) is 0 Å². The molecule has 4 heteroatoms. The molecule has 0 fully saturated rings. The van der Waals surface area contributed by atoms with E-state index in [1.54, 1.807) is 6.20 Å². The molecular weight excluding hydrogens is 374 g/mol. The first-order valence-corrected chi connectivity index (χ1v) is 13.6. The third-order valence-electron chi connectivity index (χ3n) is 6.25. The maximum absolute atomic E-state index is 11.7. The minimum atomic E-state index is -1.83. The van der Waals surface area contributed by atoms with E-state index in [4.69, 9.17) is 4.43 Å². The maximum atomic E-state index is 11.7. The predicted molar refractivity (Wildman–Crippen MR) is 127 cm³/mol. The molecule has 0 aliphatic heterocycles. The molecular formula is C25H41NO2Si. The second-order valence-electron chi connectivity index (χ2n) is 10.1. The van der Waals surface area contributed by atoms with Gasteiger partial charge in [0.1, 0.15) is 6.29 Å². The minimum Gasteiger partial charge on any atom is -0.410 e. The van der Waals surface area contributed by atoms with Crippen LogP contribution in [0.3, 0.4) is 0 Å². The first-order chi connectivity index (χ1) is 13.3. The van der Waals surface area contributed by atoms with Crippen LogP contribution in [0.2, 0.25) is 18.1 Å². The van der Waals surface area contributed by atoms with Crippen LogP contribution in [0.4, 0.5) is 0 Å². The molecule has 0 aromatic carbocycles. The van der Waals surface area contributed by atoms with Crippen molar-refractivity contribution in [2.45, 2.75) is 96.9 Å². The molecule has 0 aliphatic rings. The fourth-order valence-corrected chi connectivity index (χ4v) is 4.34. The van der Waals surface area contributed by atoms with E-state index < -0.39 is 13.7 Å². The van der Waals surface area contributed by atoms with E-state index in [0.29, 0.717) is 0 Å². The summed E-state index contributed by atoms with van der Waals surface area (Å²) in [5, 5.41) is 0.185. The van der Waals surface area contributed by atoms with Gasteiger partial charge >= 0.3 is 0 Å². The molecule has 0 saturated heterocycles. The van der Waals surface area contributed by atoms with Crippen LogP contribution < -0.4 is 0 Å². The summed E-state index contributed by atoms with van der Waals surface area (Å²) < 4.78 is 6.59. The van der Waals surface area contributed by atoms with Gasteiger partial charge in [-0.2, -0.15) is 0 Å². The van der Waals surface area contributed by atoms with E-state index in [0.717, 1.165) is 43.2 Å². The molecule has 1 aromatic heterocycles. The van der Waals surface area contributed by atoms with Crippen molar-refractivity contribution >= 4 is 14.6 Å². The third kappa shape index (κ3) is 7.67. The normalized spacial score (nSPS) is 16.2. The number of allylic oxidation sites excluding steroid dienone is 1. The van der Waals surface area contributed by atoms with Gasteiger partial charge in [0, 0.05) is 6.20 Å². The summed E-state index contributed by atoms with van der Waals surface area (Å²) in [6.45, 7) is 21.7. The fourth-order valence-electron chi connectivity index (χ4n) is 2.98. The van der Waals surface area contributed by atoms with E-state index in [-0.39, 0.29) is 11.1 Å². The Bertz CT molecular complexity index is 703. The molecule has 1 rings (SSSR count). The van der Waals surface area contributed by atoms with Crippen molar-refractivity contribution in [1.82, 2.24) is 4.98 Å². The summed E-state index contributed by atoms with van der Waals surface area (Å²) in [4.78, 5) is 16.1. The summed E-state index contributed by atoms with van der Waals surface area (Å²) in [6.07, 6.45) is 8.72. The zero-order valence-electron chi connectivity index (χ0n) is 19.8. The zero-order chi connectivity index (χ0) is 22.3. The van der Waals surface area contributed by atoms with Crippen LogP contribution >= 0.6 is 0 Å². The highest BCUT2D eigenvalue weighted by molar-refractivity contribution is 6.74. The quantitative estimate of drug-likeness (QED) is 0.222. The second kappa shape index (κ2) is 10.5. The average molecular weight is 416 g/mol. The van der Waals surface area contributed by atoms with Gasteiger partial charge in [-0.05, 0) is 76.7 Å². The topological polar surface area (TPSA) is 39.2 Å². The minimum absolute atomic E-state index is 0.0691. The number of hydrogen-bond donors (Lipinski definition) is 0. The van der Waals surface area contributed by atoms with Gasteiger partial charge in [0.2, 0.25) is 0 Å². The highest BCUT2D eigenvalue weighted by Crippen LogP contribution is 2.38. The zero-order valence-corrected chi connectivity index (χ0v) is 20.8. The highest BCUT2D eigenvalue weighted by atomic mass is 28.4. The number of aldehydes is 1. The monoisotopic (exact) mass is 415 g/mol. The Labute approximate surface area is 179 Å². The molecule has 0 N–H and O–H groups in total. The molecule has 29 heavy (non-hydrogen) atoms. The molecule has 0 aliphatic carbocycles. The number of hydrogen-bond acceptors (Lipinski definition) is 3. The molecule has 1 aromatic rings. The van der Waals surface area contributed by atoms with Crippen LogP contribution in [0.15, 0.2) is 48.2 Å². The molecule has 2 atom stereocenters. The van der Waals surface area contributed by atoms with E-state index in [1.165, 1.54) is 5.57 Å². The van der Waals surface area contributed by atoms with E-state index in [1.807, 2.05) is 25.1 Å². The molecule has 0 radical (unpaired) electrons. The number of carbonyl (C=O) groups excluding carboxylic acids is 1. The summed E-state index contributed by atoms with van der Waals surface area (Å²) in [6, 6.07) is 5.76. The first kappa shape index (κ1) is 25.5. The van der Waals surface area contributed by atoms with Gasteiger partial charge in [0.25, 0.3) is 0 Å². The lowest BCUT2D eigenvalue weighted by molar-refractivity contribution is -0.112. The summed E-state index contributed by atoms with van der Waals surface area (Å²) in [7, 11) is -1.83. The van der Waals surface area contributed by atoms with Crippen LogP contribution in [0.25, 0.3) is 0 Å². The molecule has 1 heterocycles. The largest absolute Gasteiger partial charge is 0.410 e. The van der Waals surface area contributed by atoms with Crippen molar-refractivity contribution in [3.8, 4) is 0 Å². The number of rotatable bonds is 11. The van der Waals surface area contributed by atoms with Crippen LogP contribution in [0, 0.1) is 0 Å². The summed E-state index contributed by atoms with van der Waals surface area (Å²) in [5.41, 5.74) is 2.75. The number of carbonyl (C=O) groups is 1. The number of nitrogens with zero attached hydrogens (tertiary/aromatic N) is 1. The van der Waals surface area contributed by atoms with Crippen molar-refractivity contribution in [1.29, 1.82) is 0 Å². The Morgan fingerprint density at radius 1 is 1.24 bits per heavy atom. The number of aromatic nitrogens is 1. The van der Waals surface area contributed by atoms with Gasteiger partial charge in [-0.3, -0.25) is 4.98 Å². The first-order valence-electron chi connectivity index (χ1n) is 10.7. The Kier molecular flexibility index (Phi) is 9.23.